The number of ether oxygens (including phenoxy) is 1. The minimum absolute atomic E-state index is 0.0659. The Morgan fingerprint density at radius 3 is 2.29 bits per heavy atom. The lowest BCUT2D eigenvalue weighted by atomic mass is 10.1. The average molecular weight is 515 g/mol. The molecule has 0 atom stereocenters. The quantitative estimate of drug-likeness (QED) is 0.396. The lowest BCUT2D eigenvalue weighted by Crippen LogP contribution is -2.14. The summed E-state index contributed by atoms with van der Waals surface area (Å²) < 4.78 is 71.1. The van der Waals surface area contributed by atoms with E-state index in [-0.39, 0.29) is 16.3 Å². The monoisotopic (exact) mass is 515 g/mol. The summed E-state index contributed by atoms with van der Waals surface area (Å²) in [4.78, 5) is 22.0. The summed E-state index contributed by atoms with van der Waals surface area (Å²) in [6, 6.07) is 8.99. The minimum atomic E-state index is -4.70. The van der Waals surface area contributed by atoms with Crippen LogP contribution in [-0.4, -0.2) is 37.2 Å². The van der Waals surface area contributed by atoms with Crippen LogP contribution < -0.4 is 9.46 Å². The minimum Gasteiger partial charge on any atom is -0.480 e. The number of hydrogen-bond acceptors (Lipinski definition) is 6. The van der Waals surface area contributed by atoms with E-state index in [1.807, 2.05) is 0 Å². The zero-order valence-electron chi connectivity index (χ0n) is 17.2. The van der Waals surface area contributed by atoms with Crippen LogP contribution in [0.15, 0.2) is 53.4 Å². The Morgan fingerprint density at radius 1 is 1.09 bits per heavy atom. The Kier molecular flexibility index (Phi) is 6.89. The first-order valence-electron chi connectivity index (χ1n) is 9.31. The third-order valence-corrected chi connectivity index (χ3v) is 7.19. The van der Waals surface area contributed by atoms with Gasteiger partial charge in [-0.25, -0.2) is 18.0 Å². The van der Waals surface area contributed by atoms with Crippen molar-refractivity contribution >= 4 is 39.0 Å². The molecule has 8 nitrogen and oxygen atoms in total. The van der Waals surface area contributed by atoms with Crippen molar-refractivity contribution in [2.75, 3.05) is 11.3 Å². The molecule has 0 fully saturated rings. The highest BCUT2D eigenvalue weighted by atomic mass is 32.2. The van der Waals surface area contributed by atoms with Gasteiger partial charge in [0.25, 0.3) is 10.0 Å². The van der Waals surface area contributed by atoms with Gasteiger partial charge in [0.15, 0.2) is 11.5 Å². The maximum atomic E-state index is 12.9. The van der Waals surface area contributed by atoms with Crippen LogP contribution in [0.1, 0.15) is 20.8 Å². The van der Waals surface area contributed by atoms with Crippen LogP contribution in [0.25, 0.3) is 10.4 Å². The van der Waals surface area contributed by atoms with Gasteiger partial charge in [0.2, 0.25) is 0 Å². The van der Waals surface area contributed by atoms with Gasteiger partial charge in [-0.2, -0.15) is 13.2 Å². The Labute approximate surface area is 195 Å². The molecule has 2 aromatic carbocycles. The van der Waals surface area contributed by atoms with Crippen molar-refractivity contribution in [1.29, 1.82) is 0 Å². The number of benzene rings is 2. The summed E-state index contributed by atoms with van der Waals surface area (Å²) in [5, 5.41) is 18.2. The number of thiophene rings is 1. The van der Waals surface area contributed by atoms with Crippen molar-refractivity contribution < 1.29 is 46.1 Å². The smallest absolute Gasteiger partial charge is 0.416 e. The second-order valence-corrected chi connectivity index (χ2v) is 9.61. The average Bonchev–Trinajstić information content (AvgIpc) is 3.08. The molecule has 0 bridgehead atoms. The van der Waals surface area contributed by atoms with Gasteiger partial charge in [0.1, 0.15) is 5.75 Å². The highest BCUT2D eigenvalue weighted by Gasteiger charge is 2.31. The molecular weight excluding hydrogens is 499 g/mol. The van der Waals surface area contributed by atoms with Crippen LogP contribution in [0.4, 0.5) is 18.9 Å². The highest BCUT2D eigenvalue weighted by Crippen LogP contribution is 2.41. The van der Waals surface area contributed by atoms with Crippen LogP contribution >= 0.6 is 11.3 Å². The number of alkyl halides is 3. The molecule has 1 aromatic heterocycles. The van der Waals surface area contributed by atoms with E-state index in [2.05, 4.69) is 4.72 Å². The van der Waals surface area contributed by atoms with Crippen LogP contribution in [0, 0.1) is 6.92 Å². The van der Waals surface area contributed by atoms with Gasteiger partial charge in [0, 0.05) is 16.1 Å². The van der Waals surface area contributed by atoms with Crippen LogP contribution in [-0.2, 0) is 21.0 Å². The molecule has 0 amide bonds. The molecule has 0 aliphatic heterocycles. The summed E-state index contributed by atoms with van der Waals surface area (Å²) in [5.41, 5.74) is -0.150. The van der Waals surface area contributed by atoms with Crippen molar-refractivity contribution in [3.05, 3.63) is 64.5 Å². The van der Waals surface area contributed by atoms with Crippen molar-refractivity contribution in [3.8, 4) is 16.2 Å². The first kappa shape index (κ1) is 25.1. The number of carboxylic acids is 2. The number of aliphatic carboxylic acids is 1. The molecule has 0 spiro atoms. The summed E-state index contributed by atoms with van der Waals surface area (Å²) in [5.74, 6) is -2.66. The first-order chi connectivity index (χ1) is 15.8. The zero-order valence-corrected chi connectivity index (χ0v) is 18.8. The van der Waals surface area contributed by atoms with E-state index in [9.17, 15) is 36.3 Å². The Bertz CT molecular complexity index is 1350. The highest BCUT2D eigenvalue weighted by molar-refractivity contribution is 7.92. The van der Waals surface area contributed by atoms with E-state index < -0.39 is 45.2 Å². The van der Waals surface area contributed by atoms with Crippen LogP contribution in [0.5, 0.6) is 5.75 Å². The van der Waals surface area contributed by atoms with Gasteiger partial charge in [-0.15, -0.1) is 11.3 Å². The first-order valence-corrected chi connectivity index (χ1v) is 11.6. The van der Waals surface area contributed by atoms with E-state index in [1.54, 1.807) is 6.92 Å². The lowest BCUT2D eigenvalue weighted by Gasteiger charge is -2.11. The topological polar surface area (TPSA) is 130 Å². The molecule has 0 unspecified atom stereocenters. The van der Waals surface area contributed by atoms with Crippen LogP contribution in [0.2, 0.25) is 0 Å². The molecule has 0 radical (unpaired) electrons. The predicted molar refractivity (Wildman–Crippen MR) is 117 cm³/mol. The predicted octanol–water partition coefficient (Wildman–Crippen LogP) is 4.70. The molecule has 0 aliphatic carbocycles. The van der Waals surface area contributed by atoms with Gasteiger partial charge in [-0.05, 0) is 42.8 Å². The van der Waals surface area contributed by atoms with Crippen molar-refractivity contribution in [2.45, 2.75) is 18.0 Å². The SMILES string of the molecule is Cc1c(-c2ccc(NS(=O)(=O)c3cccc(C(F)(F)F)c3)cc2)sc(C(=O)O)c1OCC(=O)O. The standard InChI is InChI=1S/C21H16F3NO7S2/c1-11-17(32-10-16(26)27)19(20(28)29)33-18(11)12-5-7-14(8-6-12)25-34(30,31)15-4-2-3-13(9-15)21(22,23)24/h2-9,25H,10H2,1H3,(H,26,27)(H,28,29). The molecule has 13 heteroatoms. The number of halogens is 3. The molecular formula is C21H16F3NO7S2. The second-order valence-electron chi connectivity index (χ2n) is 6.91. The Morgan fingerprint density at radius 2 is 1.74 bits per heavy atom. The lowest BCUT2D eigenvalue weighted by molar-refractivity contribution is -0.139. The van der Waals surface area contributed by atoms with Gasteiger partial charge in [-0.1, -0.05) is 18.2 Å². The number of nitrogens with one attached hydrogen (secondary N) is 1. The number of anilines is 1. The maximum Gasteiger partial charge on any atom is 0.416 e. The number of hydrogen-bond donors (Lipinski definition) is 3. The molecule has 1 heterocycles. The molecule has 0 saturated carbocycles. The third-order valence-electron chi connectivity index (χ3n) is 4.50. The summed E-state index contributed by atoms with van der Waals surface area (Å²) in [6.07, 6.45) is -4.70. The fourth-order valence-corrected chi connectivity index (χ4v) is 5.17. The number of carboxylic acid groups (broad SMARTS) is 2. The number of rotatable bonds is 8. The molecule has 0 aliphatic rings. The van der Waals surface area contributed by atoms with Crippen molar-refractivity contribution in [2.24, 2.45) is 0 Å². The summed E-state index contributed by atoms with van der Waals surface area (Å²) in [6.45, 7) is 0.827. The number of carbonyl (C=O) groups is 2. The normalized spacial score (nSPS) is 11.8. The molecule has 3 rings (SSSR count). The van der Waals surface area contributed by atoms with E-state index >= 15 is 0 Å². The third kappa shape index (κ3) is 5.48. The van der Waals surface area contributed by atoms with E-state index in [4.69, 9.17) is 9.84 Å². The van der Waals surface area contributed by atoms with Crippen molar-refractivity contribution in [3.63, 3.8) is 0 Å². The summed E-state index contributed by atoms with van der Waals surface area (Å²) >= 11 is 0.856. The Hall–Kier alpha value is -3.58. The number of sulfonamides is 1. The zero-order chi connectivity index (χ0) is 25.3. The molecule has 0 saturated heterocycles. The fraction of sp³-hybridized carbons (Fsp3) is 0.143. The molecule has 180 valence electrons. The largest absolute Gasteiger partial charge is 0.480 e. The van der Waals surface area contributed by atoms with Gasteiger partial charge >= 0.3 is 18.1 Å². The van der Waals surface area contributed by atoms with Gasteiger partial charge in [0.05, 0.1) is 10.5 Å². The van der Waals surface area contributed by atoms with Crippen molar-refractivity contribution in [1.82, 2.24) is 0 Å². The summed E-state index contributed by atoms with van der Waals surface area (Å²) in [7, 11) is -4.31. The van der Waals surface area contributed by atoms with E-state index in [1.165, 1.54) is 24.3 Å². The van der Waals surface area contributed by atoms with Gasteiger partial charge < -0.3 is 14.9 Å². The number of aromatic carboxylic acids is 1. The van der Waals surface area contributed by atoms with E-state index in [0.29, 0.717) is 22.1 Å². The molecule has 3 aromatic rings. The maximum absolute atomic E-state index is 12.9. The van der Waals surface area contributed by atoms with E-state index in [0.717, 1.165) is 29.5 Å². The second kappa shape index (κ2) is 9.35. The van der Waals surface area contributed by atoms with Gasteiger partial charge in [-0.3, -0.25) is 4.72 Å². The Balaban J connectivity index is 1.88. The van der Waals surface area contributed by atoms with Crippen LogP contribution in [0.3, 0.4) is 0 Å². The molecule has 3 N–H and O–H groups in total. The molecule has 34 heavy (non-hydrogen) atoms. The fourth-order valence-electron chi connectivity index (χ4n) is 2.97.